The minimum Gasteiger partial charge on any atom is -0.462 e. The van der Waals surface area contributed by atoms with Gasteiger partial charge in [0.05, 0.1) is 6.61 Å². The summed E-state index contributed by atoms with van der Waals surface area (Å²) < 4.78 is 64.2. The lowest BCUT2D eigenvalue weighted by atomic mass is 9.85. The van der Waals surface area contributed by atoms with Gasteiger partial charge in [-0.1, -0.05) is 65.2 Å². The lowest BCUT2D eigenvalue weighted by Gasteiger charge is -2.44. The number of aliphatic hydroxyl groups excluding tert-OH is 3. The molecule has 1 aliphatic rings. The van der Waals surface area contributed by atoms with Gasteiger partial charge in [-0.3, -0.25) is 27.7 Å². The van der Waals surface area contributed by atoms with Gasteiger partial charge in [0.15, 0.2) is 6.10 Å². The van der Waals surface area contributed by atoms with Crippen molar-refractivity contribution < 1.29 is 90.6 Å². The van der Waals surface area contributed by atoms with Gasteiger partial charge in [-0.05, 0) is 12.8 Å². The van der Waals surface area contributed by atoms with Crippen molar-refractivity contribution in [1.29, 1.82) is 0 Å². The number of hydrogen-bond donors (Lipinski definition) is 8. The number of phosphoric acid groups is 3. The van der Waals surface area contributed by atoms with E-state index in [0.29, 0.717) is 12.8 Å². The molecule has 0 bridgehead atoms. The van der Waals surface area contributed by atoms with Crippen LogP contribution in [0.4, 0.5) is 0 Å². The van der Waals surface area contributed by atoms with E-state index in [1.165, 1.54) is 0 Å². The van der Waals surface area contributed by atoms with Crippen LogP contribution in [0, 0.1) is 0 Å². The minimum absolute atomic E-state index is 0.00394. The molecular formula is C25H49O19P3. The first-order valence-corrected chi connectivity index (χ1v) is 19.9. The molecule has 8 N–H and O–H groups in total. The highest BCUT2D eigenvalue weighted by atomic mass is 31.2. The standard InChI is InChI=1S/C25H49O19P3/c1-3-5-7-9-11-13-18(26)39-15-17(41-19(27)14-12-10-8-6-4-2)16-40-47(37,38)44-23-20(28)21(29)24(42-45(31,32)33)25(22(23)30)43-46(34,35)36/h17,20-25,28-30H,3-16H2,1-2H3,(H,37,38)(H2,31,32,33)(H2,34,35,36)/t17-,20?,21+,22?,23-,24?,25?/m1/s1. The number of aliphatic hydroxyl groups is 3. The summed E-state index contributed by atoms with van der Waals surface area (Å²) in [5.41, 5.74) is 0. The van der Waals surface area contributed by atoms with Crippen molar-refractivity contribution in [3.8, 4) is 0 Å². The van der Waals surface area contributed by atoms with Gasteiger partial charge in [0, 0.05) is 12.8 Å². The Balaban J connectivity index is 2.98. The number of esters is 2. The minimum atomic E-state index is -5.57. The zero-order valence-corrected chi connectivity index (χ0v) is 29.0. The largest absolute Gasteiger partial charge is 0.472 e. The summed E-state index contributed by atoms with van der Waals surface area (Å²) in [6, 6.07) is 0. The molecule has 0 amide bonds. The predicted octanol–water partition coefficient (Wildman–Crippen LogP) is 1.72. The Labute approximate surface area is 272 Å². The maximum Gasteiger partial charge on any atom is 0.472 e. The SMILES string of the molecule is CCCCCCCC(=O)OC[C@H](COP(=O)(O)O[C@H]1C(O)C(OP(=O)(O)O)C(OP(=O)(O)O)[C@@H](O)C1O)OC(=O)CCCCCCC. The summed E-state index contributed by atoms with van der Waals surface area (Å²) in [6.45, 7) is 2.59. The second kappa shape index (κ2) is 21.4. The van der Waals surface area contributed by atoms with E-state index in [9.17, 15) is 53.3 Å². The van der Waals surface area contributed by atoms with E-state index in [0.717, 1.165) is 51.4 Å². The molecule has 0 heterocycles. The van der Waals surface area contributed by atoms with Gasteiger partial charge in [0.2, 0.25) is 0 Å². The number of hydrogen-bond acceptors (Lipinski definition) is 14. The Kier molecular flexibility index (Phi) is 20.1. The van der Waals surface area contributed by atoms with Crippen molar-refractivity contribution >= 4 is 35.4 Å². The Morgan fingerprint density at radius 1 is 0.596 bits per heavy atom. The van der Waals surface area contributed by atoms with Crippen LogP contribution in [0.3, 0.4) is 0 Å². The van der Waals surface area contributed by atoms with Gasteiger partial charge >= 0.3 is 35.4 Å². The average molecular weight is 747 g/mol. The second-order valence-electron chi connectivity index (χ2n) is 11.1. The van der Waals surface area contributed by atoms with Gasteiger partial charge in [0.1, 0.15) is 43.2 Å². The van der Waals surface area contributed by atoms with E-state index in [-0.39, 0.29) is 12.8 Å². The smallest absolute Gasteiger partial charge is 0.462 e. The van der Waals surface area contributed by atoms with Gasteiger partial charge in [-0.15, -0.1) is 0 Å². The topological polar surface area (TPSA) is 303 Å². The van der Waals surface area contributed by atoms with Crippen LogP contribution in [0.25, 0.3) is 0 Å². The van der Waals surface area contributed by atoms with Crippen molar-refractivity contribution in [2.45, 2.75) is 134 Å². The van der Waals surface area contributed by atoms with Crippen LogP contribution < -0.4 is 0 Å². The molecule has 0 aromatic carbocycles. The summed E-state index contributed by atoms with van der Waals surface area (Å²) in [5, 5.41) is 31.4. The van der Waals surface area contributed by atoms with Crippen LogP contribution in [0.1, 0.15) is 90.9 Å². The Bertz CT molecular complexity index is 1080. The molecule has 22 heteroatoms. The van der Waals surface area contributed by atoms with Crippen LogP contribution in [0.2, 0.25) is 0 Å². The van der Waals surface area contributed by atoms with Crippen LogP contribution in [0.5, 0.6) is 0 Å². The van der Waals surface area contributed by atoms with Gasteiger partial charge in [-0.2, -0.15) is 0 Å². The molecule has 19 nitrogen and oxygen atoms in total. The first-order chi connectivity index (χ1) is 21.8. The summed E-state index contributed by atoms with van der Waals surface area (Å²) in [5.74, 6) is -1.33. The highest BCUT2D eigenvalue weighted by Gasteiger charge is 2.56. The van der Waals surface area contributed by atoms with Crippen molar-refractivity contribution in [2.24, 2.45) is 0 Å². The molecule has 0 saturated heterocycles. The first-order valence-electron chi connectivity index (χ1n) is 15.3. The summed E-state index contributed by atoms with van der Waals surface area (Å²) in [6.07, 6.45) is -7.79. The zero-order chi connectivity index (χ0) is 35.8. The third kappa shape index (κ3) is 18.6. The van der Waals surface area contributed by atoms with Crippen molar-refractivity contribution in [3.05, 3.63) is 0 Å². The van der Waals surface area contributed by atoms with E-state index >= 15 is 0 Å². The fraction of sp³-hybridized carbons (Fsp3) is 0.920. The fourth-order valence-corrected chi connectivity index (χ4v) is 6.68. The summed E-state index contributed by atoms with van der Waals surface area (Å²) in [7, 11) is -16.5. The van der Waals surface area contributed by atoms with Gasteiger partial charge < -0.3 is 49.3 Å². The Hall–Kier alpha value is -0.850. The molecule has 1 fully saturated rings. The van der Waals surface area contributed by atoms with Crippen LogP contribution >= 0.6 is 23.5 Å². The summed E-state index contributed by atoms with van der Waals surface area (Å²) in [4.78, 5) is 71.6. The lowest BCUT2D eigenvalue weighted by Crippen LogP contribution is -2.65. The van der Waals surface area contributed by atoms with Crippen molar-refractivity contribution in [2.75, 3.05) is 13.2 Å². The molecule has 8 atom stereocenters. The number of phosphoric ester groups is 3. The molecule has 0 aromatic heterocycles. The predicted molar refractivity (Wildman–Crippen MR) is 160 cm³/mol. The maximum atomic E-state index is 12.8. The molecule has 278 valence electrons. The highest BCUT2D eigenvalue weighted by molar-refractivity contribution is 7.47. The zero-order valence-electron chi connectivity index (χ0n) is 26.4. The first kappa shape index (κ1) is 44.2. The van der Waals surface area contributed by atoms with Crippen molar-refractivity contribution in [1.82, 2.24) is 0 Å². The molecule has 0 spiro atoms. The van der Waals surface area contributed by atoms with Gasteiger partial charge in [0.25, 0.3) is 0 Å². The average Bonchev–Trinajstić information content (AvgIpc) is 2.96. The molecule has 0 aliphatic heterocycles. The van der Waals surface area contributed by atoms with Crippen molar-refractivity contribution in [3.63, 3.8) is 0 Å². The van der Waals surface area contributed by atoms with E-state index in [2.05, 4.69) is 9.05 Å². The van der Waals surface area contributed by atoms with E-state index in [1.807, 2.05) is 13.8 Å². The maximum absolute atomic E-state index is 12.8. The Morgan fingerprint density at radius 3 is 1.53 bits per heavy atom. The molecule has 0 radical (unpaired) electrons. The summed E-state index contributed by atoms with van der Waals surface area (Å²) >= 11 is 0. The molecular weight excluding hydrogens is 697 g/mol. The number of carbonyl (C=O) groups excluding carboxylic acids is 2. The molecule has 0 aromatic rings. The third-order valence-corrected chi connectivity index (χ3v) is 8.94. The second-order valence-corrected chi connectivity index (χ2v) is 14.8. The number of carbonyl (C=O) groups is 2. The van der Waals surface area contributed by atoms with E-state index in [4.69, 9.17) is 28.3 Å². The Morgan fingerprint density at radius 2 is 1.04 bits per heavy atom. The number of rotatable bonds is 24. The fourth-order valence-electron chi connectivity index (χ4n) is 4.58. The quantitative estimate of drug-likeness (QED) is 0.0396. The third-order valence-electron chi connectivity index (χ3n) is 6.91. The van der Waals surface area contributed by atoms with Crippen LogP contribution in [-0.4, -0.2) is 108 Å². The highest BCUT2D eigenvalue weighted by Crippen LogP contribution is 2.51. The van der Waals surface area contributed by atoms with Crippen LogP contribution in [-0.2, 0) is 50.9 Å². The van der Waals surface area contributed by atoms with Gasteiger partial charge in [-0.25, -0.2) is 13.7 Å². The normalized spacial score (nSPS) is 25.6. The monoisotopic (exact) mass is 746 g/mol. The molecule has 1 rings (SSSR count). The number of ether oxygens (including phenoxy) is 2. The van der Waals surface area contributed by atoms with E-state index in [1.54, 1.807) is 0 Å². The molecule has 1 saturated carbocycles. The van der Waals surface area contributed by atoms with E-state index < -0.39 is 91.3 Å². The lowest BCUT2D eigenvalue weighted by molar-refractivity contribution is -0.213. The molecule has 5 unspecified atom stereocenters. The number of unbranched alkanes of at least 4 members (excludes halogenated alkanes) is 8. The van der Waals surface area contributed by atoms with Crippen LogP contribution in [0.15, 0.2) is 0 Å². The molecule has 47 heavy (non-hydrogen) atoms. The molecule has 1 aliphatic carbocycles.